The van der Waals surface area contributed by atoms with Gasteiger partial charge in [-0.25, -0.2) is 9.97 Å². The van der Waals surface area contributed by atoms with Crippen molar-refractivity contribution in [3.05, 3.63) is 102 Å². The zero-order chi connectivity index (χ0) is 24.6. The summed E-state index contributed by atoms with van der Waals surface area (Å²) in [5.74, 6) is 0.982. The maximum Gasteiger partial charge on any atom is 0.150 e. The molecule has 0 spiro atoms. The van der Waals surface area contributed by atoms with Crippen LogP contribution in [0, 0.1) is 6.92 Å². The first-order valence-electron chi connectivity index (χ1n) is 12.3. The first kappa shape index (κ1) is 22.6. The Morgan fingerprint density at radius 2 is 1.67 bits per heavy atom. The van der Waals surface area contributed by atoms with Gasteiger partial charge in [-0.1, -0.05) is 60.1 Å². The minimum Gasteiger partial charge on any atom is -0.365 e. The molecule has 0 amide bonds. The van der Waals surface area contributed by atoms with E-state index in [0.717, 1.165) is 53.3 Å². The van der Waals surface area contributed by atoms with Crippen molar-refractivity contribution < 1.29 is 0 Å². The van der Waals surface area contributed by atoms with E-state index in [-0.39, 0.29) is 0 Å². The highest BCUT2D eigenvalue weighted by Crippen LogP contribution is 2.38. The number of hydrogen-bond donors (Lipinski definition) is 0. The molecule has 0 aliphatic carbocycles. The molecule has 1 saturated heterocycles. The Morgan fingerprint density at radius 3 is 2.44 bits per heavy atom. The maximum absolute atomic E-state index is 6.35. The van der Waals surface area contributed by atoms with Crippen molar-refractivity contribution in [2.24, 2.45) is 0 Å². The molecule has 0 radical (unpaired) electrons. The number of rotatable bonds is 4. The number of halogens is 1. The SMILES string of the molecule is Cc1cccc(N2CCN(c3ncnc4c3c(-c3ccccc3)cn4-c3cccc(Cl)c3)C[C@H]2C)c1. The van der Waals surface area contributed by atoms with E-state index in [1.54, 1.807) is 6.33 Å². The van der Waals surface area contributed by atoms with Crippen LogP contribution in [0.3, 0.4) is 0 Å². The van der Waals surface area contributed by atoms with Crippen molar-refractivity contribution >= 4 is 34.1 Å². The predicted molar refractivity (Wildman–Crippen MR) is 150 cm³/mol. The molecule has 1 aliphatic heterocycles. The minimum absolute atomic E-state index is 0.348. The van der Waals surface area contributed by atoms with Gasteiger partial charge in [0, 0.05) is 53.8 Å². The Labute approximate surface area is 216 Å². The summed E-state index contributed by atoms with van der Waals surface area (Å²) in [5, 5.41) is 1.77. The molecule has 1 aliphatic rings. The molecule has 3 aromatic carbocycles. The number of aromatic nitrogens is 3. The molecule has 2 aromatic heterocycles. The highest BCUT2D eigenvalue weighted by atomic mass is 35.5. The van der Waals surface area contributed by atoms with Crippen molar-refractivity contribution in [2.75, 3.05) is 29.4 Å². The molecule has 6 rings (SSSR count). The second-order valence-electron chi connectivity index (χ2n) is 9.48. The summed E-state index contributed by atoms with van der Waals surface area (Å²) in [6, 6.07) is 27.5. The van der Waals surface area contributed by atoms with Gasteiger partial charge >= 0.3 is 0 Å². The average Bonchev–Trinajstić information content (AvgIpc) is 3.29. The van der Waals surface area contributed by atoms with Crippen LogP contribution in [-0.4, -0.2) is 40.2 Å². The van der Waals surface area contributed by atoms with Gasteiger partial charge in [-0.2, -0.15) is 0 Å². The third-order valence-corrected chi connectivity index (χ3v) is 7.23. The van der Waals surface area contributed by atoms with E-state index in [0.29, 0.717) is 11.1 Å². The van der Waals surface area contributed by atoms with E-state index in [9.17, 15) is 0 Å². The van der Waals surface area contributed by atoms with E-state index in [1.165, 1.54) is 11.3 Å². The summed E-state index contributed by atoms with van der Waals surface area (Å²) >= 11 is 6.35. The Hall–Kier alpha value is -3.83. The van der Waals surface area contributed by atoms with Crippen molar-refractivity contribution in [3.63, 3.8) is 0 Å². The Balaban J connectivity index is 1.45. The minimum atomic E-state index is 0.348. The first-order valence-corrected chi connectivity index (χ1v) is 12.7. The number of aryl methyl sites for hydroxylation is 1. The molecular weight excluding hydrogens is 466 g/mol. The molecule has 0 N–H and O–H groups in total. The summed E-state index contributed by atoms with van der Waals surface area (Å²) in [4.78, 5) is 14.5. The van der Waals surface area contributed by atoms with Gasteiger partial charge in [0.1, 0.15) is 12.1 Å². The van der Waals surface area contributed by atoms with Crippen molar-refractivity contribution in [1.29, 1.82) is 0 Å². The van der Waals surface area contributed by atoms with Crippen LogP contribution in [0.4, 0.5) is 11.5 Å². The van der Waals surface area contributed by atoms with Gasteiger partial charge in [0.15, 0.2) is 5.65 Å². The molecular formula is C30H28ClN5. The van der Waals surface area contributed by atoms with Gasteiger partial charge in [0.2, 0.25) is 0 Å². The lowest BCUT2D eigenvalue weighted by Gasteiger charge is -2.42. The van der Waals surface area contributed by atoms with Crippen molar-refractivity contribution in [2.45, 2.75) is 19.9 Å². The molecule has 5 aromatic rings. The van der Waals surface area contributed by atoms with Gasteiger partial charge in [-0.15, -0.1) is 0 Å². The fourth-order valence-corrected chi connectivity index (χ4v) is 5.47. The zero-order valence-electron chi connectivity index (χ0n) is 20.5. The quantitative estimate of drug-likeness (QED) is 0.277. The van der Waals surface area contributed by atoms with Crippen molar-refractivity contribution in [3.8, 4) is 16.8 Å². The molecule has 36 heavy (non-hydrogen) atoms. The molecule has 6 heteroatoms. The van der Waals surface area contributed by atoms with Crippen LogP contribution >= 0.6 is 11.6 Å². The lowest BCUT2D eigenvalue weighted by Crippen LogP contribution is -2.52. The number of fused-ring (bicyclic) bond motifs is 1. The normalized spacial score (nSPS) is 16.0. The van der Waals surface area contributed by atoms with Crippen LogP contribution in [0.1, 0.15) is 12.5 Å². The average molecular weight is 494 g/mol. The highest BCUT2D eigenvalue weighted by molar-refractivity contribution is 6.30. The smallest absolute Gasteiger partial charge is 0.150 e. The molecule has 0 bridgehead atoms. The van der Waals surface area contributed by atoms with Gasteiger partial charge in [0.25, 0.3) is 0 Å². The summed E-state index contributed by atoms with van der Waals surface area (Å²) in [5.41, 5.74) is 6.70. The summed E-state index contributed by atoms with van der Waals surface area (Å²) in [6.45, 7) is 7.16. The number of nitrogens with zero attached hydrogens (tertiary/aromatic N) is 5. The molecule has 5 nitrogen and oxygen atoms in total. The lowest BCUT2D eigenvalue weighted by atomic mass is 10.1. The molecule has 1 fully saturated rings. The highest BCUT2D eigenvalue weighted by Gasteiger charge is 2.28. The standard InChI is InChI=1S/C30H28ClN5/c1-21-8-6-12-25(16-21)35-15-14-34(18-22(35)2)29-28-27(23-9-4-3-5-10-23)19-36(30(28)33-20-32-29)26-13-7-11-24(31)17-26/h3-13,16-17,19-20,22H,14-15,18H2,1-2H3/t22-/m1/s1. The molecule has 180 valence electrons. The van der Waals surface area contributed by atoms with Crippen LogP contribution in [-0.2, 0) is 0 Å². The third-order valence-electron chi connectivity index (χ3n) is 6.99. The van der Waals surface area contributed by atoms with Crippen LogP contribution in [0.15, 0.2) is 91.4 Å². The second-order valence-corrected chi connectivity index (χ2v) is 9.92. The second kappa shape index (κ2) is 9.32. The van der Waals surface area contributed by atoms with E-state index in [2.05, 4.69) is 89.0 Å². The number of anilines is 2. The van der Waals surface area contributed by atoms with Gasteiger partial charge in [-0.05, 0) is 55.3 Å². The molecule has 0 unspecified atom stereocenters. The third kappa shape index (κ3) is 4.10. The summed E-state index contributed by atoms with van der Waals surface area (Å²) in [7, 11) is 0. The number of benzene rings is 3. The largest absolute Gasteiger partial charge is 0.365 e. The van der Waals surface area contributed by atoms with E-state index in [1.807, 2.05) is 24.3 Å². The molecule has 0 saturated carbocycles. The monoisotopic (exact) mass is 493 g/mol. The molecule has 3 heterocycles. The van der Waals surface area contributed by atoms with E-state index >= 15 is 0 Å². The number of hydrogen-bond acceptors (Lipinski definition) is 4. The van der Waals surface area contributed by atoms with Gasteiger partial charge < -0.3 is 14.4 Å². The predicted octanol–water partition coefficient (Wildman–Crippen LogP) is 6.76. The van der Waals surface area contributed by atoms with Crippen LogP contribution in [0.25, 0.3) is 27.8 Å². The van der Waals surface area contributed by atoms with Gasteiger partial charge in [-0.3, -0.25) is 0 Å². The van der Waals surface area contributed by atoms with E-state index in [4.69, 9.17) is 21.6 Å². The number of piperazine rings is 1. The fourth-order valence-electron chi connectivity index (χ4n) is 5.29. The zero-order valence-corrected chi connectivity index (χ0v) is 21.2. The Morgan fingerprint density at radius 1 is 0.861 bits per heavy atom. The topological polar surface area (TPSA) is 37.2 Å². The Kier molecular flexibility index (Phi) is 5.86. The van der Waals surface area contributed by atoms with Crippen LogP contribution in [0.2, 0.25) is 5.02 Å². The van der Waals surface area contributed by atoms with Crippen LogP contribution in [0.5, 0.6) is 0 Å². The molecule has 1 atom stereocenters. The van der Waals surface area contributed by atoms with Gasteiger partial charge in [0.05, 0.1) is 5.39 Å². The maximum atomic E-state index is 6.35. The summed E-state index contributed by atoms with van der Waals surface area (Å²) < 4.78 is 2.13. The van der Waals surface area contributed by atoms with Crippen molar-refractivity contribution in [1.82, 2.24) is 14.5 Å². The Bertz CT molecular complexity index is 1530. The fraction of sp³-hybridized carbons (Fsp3) is 0.200. The lowest BCUT2D eigenvalue weighted by molar-refractivity contribution is 0.548. The summed E-state index contributed by atoms with van der Waals surface area (Å²) in [6.07, 6.45) is 3.85. The first-order chi connectivity index (χ1) is 17.6. The van der Waals surface area contributed by atoms with E-state index < -0.39 is 0 Å². The van der Waals surface area contributed by atoms with Crippen LogP contribution < -0.4 is 9.80 Å².